The summed E-state index contributed by atoms with van der Waals surface area (Å²) in [4.78, 5) is 11.3. The highest BCUT2D eigenvalue weighted by molar-refractivity contribution is 5.54. The van der Waals surface area contributed by atoms with Gasteiger partial charge in [-0.1, -0.05) is 13.3 Å². The van der Waals surface area contributed by atoms with Crippen LogP contribution < -0.4 is 10.6 Å². The number of anilines is 2. The third-order valence-electron chi connectivity index (χ3n) is 6.17. The topological polar surface area (TPSA) is 75.3 Å². The lowest BCUT2D eigenvalue weighted by molar-refractivity contribution is -0.102. The van der Waals surface area contributed by atoms with Crippen molar-refractivity contribution in [2.45, 2.75) is 57.5 Å². The highest BCUT2D eigenvalue weighted by Crippen LogP contribution is 2.45. The van der Waals surface area contributed by atoms with Gasteiger partial charge in [0.2, 0.25) is 5.95 Å². The van der Waals surface area contributed by atoms with Crippen molar-refractivity contribution in [2.24, 2.45) is 11.8 Å². The van der Waals surface area contributed by atoms with E-state index in [0.29, 0.717) is 11.9 Å². The minimum Gasteiger partial charge on any atom is -0.389 e. The van der Waals surface area contributed by atoms with E-state index in [9.17, 15) is 5.11 Å². The van der Waals surface area contributed by atoms with Gasteiger partial charge in [-0.25, -0.2) is 4.98 Å². The number of nitrogen functional groups attached to an aromatic ring is 1. The molecule has 120 valence electrons. The van der Waals surface area contributed by atoms with Crippen molar-refractivity contribution in [1.82, 2.24) is 9.97 Å². The monoisotopic (exact) mass is 302 g/mol. The molecule has 1 aromatic heterocycles. The zero-order chi connectivity index (χ0) is 15.3. The quantitative estimate of drug-likeness (QED) is 0.873. The van der Waals surface area contributed by atoms with Crippen LogP contribution in [0.1, 0.15) is 50.3 Å². The molecule has 1 saturated heterocycles. The lowest BCUT2D eigenvalue weighted by Crippen LogP contribution is -2.56. The number of hydrogen-bond acceptors (Lipinski definition) is 5. The minimum absolute atomic E-state index is 0.278. The van der Waals surface area contributed by atoms with E-state index in [1.165, 1.54) is 24.8 Å². The molecule has 1 saturated carbocycles. The summed E-state index contributed by atoms with van der Waals surface area (Å²) < 4.78 is 0. The molecule has 0 spiro atoms. The van der Waals surface area contributed by atoms with Gasteiger partial charge in [0, 0.05) is 24.6 Å². The van der Waals surface area contributed by atoms with Gasteiger partial charge in [0.25, 0.3) is 0 Å². The van der Waals surface area contributed by atoms with Crippen LogP contribution in [0.3, 0.4) is 0 Å². The fourth-order valence-electron chi connectivity index (χ4n) is 4.54. The van der Waals surface area contributed by atoms with Crippen LogP contribution in [0.5, 0.6) is 0 Å². The Bertz CT molecular complexity index is 586. The molecule has 2 fully saturated rings. The van der Waals surface area contributed by atoms with Crippen molar-refractivity contribution in [1.29, 1.82) is 0 Å². The van der Waals surface area contributed by atoms with E-state index in [4.69, 9.17) is 5.73 Å². The average Bonchev–Trinajstić information content (AvgIpc) is 2.87. The number of hydrogen-bond donors (Lipinski definition) is 2. The lowest BCUT2D eigenvalue weighted by atomic mass is 9.65. The first kappa shape index (κ1) is 14.2. The SMILES string of the molecule is C[C@@H]1CN(c2nc(N)nc3c2CCC3)CC[C@@]1(O)C1CCC1. The Balaban J connectivity index is 1.58. The zero-order valence-electron chi connectivity index (χ0n) is 13.4. The first-order valence-electron chi connectivity index (χ1n) is 8.70. The van der Waals surface area contributed by atoms with Crippen LogP contribution in [-0.4, -0.2) is 33.8 Å². The first-order chi connectivity index (χ1) is 10.6. The molecule has 5 heteroatoms. The predicted octanol–water partition coefficient (Wildman–Crippen LogP) is 1.92. The molecule has 2 aliphatic carbocycles. The summed E-state index contributed by atoms with van der Waals surface area (Å²) >= 11 is 0. The number of nitrogens with two attached hydrogens (primary N) is 1. The molecule has 3 N–H and O–H groups in total. The van der Waals surface area contributed by atoms with Crippen LogP contribution in [0.2, 0.25) is 0 Å². The second kappa shape index (κ2) is 5.08. The maximum Gasteiger partial charge on any atom is 0.222 e. The molecule has 0 radical (unpaired) electrons. The predicted molar refractivity (Wildman–Crippen MR) is 86.8 cm³/mol. The van der Waals surface area contributed by atoms with Crippen LogP contribution in [0.4, 0.5) is 11.8 Å². The third kappa shape index (κ3) is 2.09. The number of fused-ring (bicyclic) bond motifs is 1. The van der Waals surface area contributed by atoms with Crippen molar-refractivity contribution in [3.8, 4) is 0 Å². The first-order valence-corrected chi connectivity index (χ1v) is 8.70. The maximum absolute atomic E-state index is 11.1. The van der Waals surface area contributed by atoms with E-state index in [2.05, 4.69) is 21.8 Å². The van der Waals surface area contributed by atoms with Crippen molar-refractivity contribution in [3.63, 3.8) is 0 Å². The molecule has 2 heterocycles. The van der Waals surface area contributed by atoms with E-state index >= 15 is 0 Å². The summed E-state index contributed by atoms with van der Waals surface area (Å²) in [5.41, 5.74) is 7.85. The fraction of sp³-hybridized carbons (Fsp3) is 0.765. The van der Waals surface area contributed by atoms with Crippen molar-refractivity contribution in [3.05, 3.63) is 11.3 Å². The summed E-state index contributed by atoms with van der Waals surface area (Å²) in [6.45, 7) is 3.94. The van der Waals surface area contributed by atoms with Crippen LogP contribution in [0.25, 0.3) is 0 Å². The molecule has 0 unspecified atom stereocenters. The Hall–Kier alpha value is -1.36. The summed E-state index contributed by atoms with van der Waals surface area (Å²) in [6, 6.07) is 0. The van der Waals surface area contributed by atoms with Gasteiger partial charge in [-0.05, 0) is 44.4 Å². The molecule has 0 amide bonds. The van der Waals surface area contributed by atoms with Crippen LogP contribution in [0, 0.1) is 11.8 Å². The molecule has 1 aliphatic heterocycles. The number of piperidine rings is 1. The van der Waals surface area contributed by atoms with Gasteiger partial charge >= 0.3 is 0 Å². The van der Waals surface area contributed by atoms with E-state index < -0.39 is 5.60 Å². The molecule has 4 rings (SSSR count). The van der Waals surface area contributed by atoms with Gasteiger partial charge in [0.05, 0.1) is 11.3 Å². The minimum atomic E-state index is -0.476. The van der Waals surface area contributed by atoms with Crippen molar-refractivity contribution >= 4 is 11.8 Å². The highest BCUT2D eigenvalue weighted by atomic mass is 16.3. The summed E-state index contributed by atoms with van der Waals surface area (Å²) in [5, 5.41) is 11.1. The molecule has 1 aromatic rings. The summed E-state index contributed by atoms with van der Waals surface area (Å²) in [7, 11) is 0. The molecule has 5 nitrogen and oxygen atoms in total. The van der Waals surface area contributed by atoms with Gasteiger partial charge in [-0.3, -0.25) is 0 Å². The summed E-state index contributed by atoms with van der Waals surface area (Å²) in [6.07, 6.45) is 7.73. The second-order valence-electron chi connectivity index (χ2n) is 7.40. The van der Waals surface area contributed by atoms with Crippen molar-refractivity contribution < 1.29 is 5.11 Å². The lowest BCUT2D eigenvalue weighted by Gasteiger charge is -2.51. The van der Waals surface area contributed by atoms with Gasteiger partial charge in [-0.15, -0.1) is 0 Å². The standard InChI is InChI=1S/C17H26N4O/c1-11-10-21(9-8-17(11,22)12-4-2-5-12)15-13-6-3-7-14(13)19-16(18)20-15/h11-12,22H,2-10H2,1H3,(H2,18,19,20)/t11-,17+/m1/s1. The van der Waals surface area contributed by atoms with Gasteiger partial charge in [0.1, 0.15) is 5.82 Å². The highest BCUT2D eigenvalue weighted by Gasteiger charge is 2.47. The second-order valence-corrected chi connectivity index (χ2v) is 7.40. The van der Waals surface area contributed by atoms with E-state index in [0.717, 1.165) is 50.3 Å². The Kier molecular flexibility index (Phi) is 3.29. The van der Waals surface area contributed by atoms with Gasteiger partial charge in [0.15, 0.2) is 0 Å². The van der Waals surface area contributed by atoms with Crippen molar-refractivity contribution in [2.75, 3.05) is 23.7 Å². The van der Waals surface area contributed by atoms with Crippen LogP contribution >= 0.6 is 0 Å². The van der Waals surface area contributed by atoms with Gasteiger partial charge < -0.3 is 15.7 Å². The third-order valence-corrected chi connectivity index (χ3v) is 6.17. The Morgan fingerprint density at radius 2 is 2.05 bits per heavy atom. The molecule has 22 heavy (non-hydrogen) atoms. The smallest absolute Gasteiger partial charge is 0.222 e. The molecular weight excluding hydrogens is 276 g/mol. The number of aliphatic hydroxyl groups is 1. The molecule has 0 aromatic carbocycles. The van der Waals surface area contributed by atoms with E-state index in [1.807, 2.05) is 0 Å². The number of aromatic nitrogens is 2. The summed E-state index contributed by atoms with van der Waals surface area (Å²) in [5.74, 6) is 2.20. The largest absolute Gasteiger partial charge is 0.389 e. The van der Waals surface area contributed by atoms with Crippen LogP contribution in [0.15, 0.2) is 0 Å². The van der Waals surface area contributed by atoms with Gasteiger partial charge in [-0.2, -0.15) is 4.98 Å². The zero-order valence-corrected chi connectivity index (χ0v) is 13.4. The number of aryl methyl sites for hydroxylation is 1. The van der Waals surface area contributed by atoms with E-state index in [-0.39, 0.29) is 5.92 Å². The Labute approximate surface area is 131 Å². The Morgan fingerprint density at radius 3 is 2.73 bits per heavy atom. The molecular formula is C17H26N4O. The normalized spacial score (nSPS) is 31.9. The number of nitrogens with zero attached hydrogens (tertiary/aromatic N) is 3. The van der Waals surface area contributed by atoms with E-state index in [1.54, 1.807) is 0 Å². The Morgan fingerprint density at radius 1 is 1.23 bits per heavy atom. The molecule has 2 atom stereocenters. The fourth-order valence-corrected chi connectivity index (χ4v) is 4.54. The van der Waals surface area contributed by atoms with Crippen LogP contribution in [-0.2, 0) is 12.8 Å². The molecule has 0 bridgehead atoms. The average molecular weight is 302 g/mol. The molecule has 3 aliphatic rings. The number of rotatable bonds is 2. The maximum atomic E-state index is 11.1.